The Balaban J connectivity index is 1.71. The molecule has 0 unspecified atom stereocenters. The average Bonchev–Trinajstić information content (AvgIpc) is 3.37. The summed E-state index contributed by atoms with van der Waals surface area (Å²) in [4.78, 5) is 0. The summed E-state index contributed by atoms with van der Waals surface area (Å²) in [5.41, 5.74) is 7.55. The number of fused-ring (bicyclic) bond motifs is 1. The Kier molecular flexibility index (Phi) is 3.63. The third-order valence-electron chi connectivity index (χ3n) is 5.09. The van der Waals surface area contributed by atoms with Crippen LogP contribution in [-0.2, 0) is 12.8 Å². The maximum atomic E-state index is 4.05. The number of aromatic amines is 1. The van der Waals surface area contributed by atoms with Gasteiger partial charge in [0.2, 0.25) is 0 Å². The SMILES string of the molecule is c1ccc(-c2cc3c(n2-c2cccc(-c4nnn[nH]4)c2)CCCC3)cc1. The number of benzene rings is 2. The van der Waals surface area contributed by atoms with Gasteiger partial charge in [0.05, 0.1) is 5.69 Å². The molecule has 26 heavy (non-hydrogen) atoms. The fraction of sp³-hybridized carbons (Fsp3) is 0.190. The van der Waals surface area contributed by atoms with Crippen LogP contribution in [0.1, 0.15) is 24.1 Å². The van der Waals surface area contributed by atoms with Crippen molar-refractivity contribution in [3.8, 4) is 28.3 Å². The van der Waals surface area contributed by atoms with E-state index in [1.807, 2.05) is 6.07 Å². The normalized spacial score (nSPS) is 13.5. The van der Waals surface area contributed by atoms with Crippen LogP contribution in [0.5, 0.6) is 0 Å². The van der Waals surface area contributed by atoms with Crippen molar-refractivity contribution >= 4 is 0 Å². The molecule has 128 valence electrons. The molecule has 0 aliphatic heterocycles. The summed E-state index contributed by atoms with van der Waals surface area (Å²) in [5, 5.41) is 14.3. The van der Waals surface area contributed by atoms with Gasteiger partial charge in [-0.2, -0.15) is 0 Å². The van der Waals surface area contributed by atoms with E-state index in [0.29, 0.717) is 5.82 Å². The molecule has 2 aromatic carbocycles. The molecule has 0 radical (unpaired) electrons. The van der Waals surface area contributed by atoms with Gasteiger partial charge in [0.25, 0.3) is 0 Å². The van der Waals surface area contributed by atoms with Crippen molar-refractivity contribution in [3.63, 3.8) is 0 Å². The number of aromatic nitrogens is 5. The lowest BCUT2D eigenvalue weighted by atomic mass is 9.98. The Morgan fingerprint density at radius 1 is 0.846 bits per heavy atom. The summed E-state index contributed by atoms with van der Waals surface area (Å²) in [5.74, 6) is 0.689. The summed E-state index contributed by atoms with van der Waals surface area (Å²) in [6, 6.07) is 21.4. The average molecular weight is 341 g/mol. The number of hydrogen-bond donors (Lipinski definition) is 1. The molecule has 5 heteroatoms. The van der Waals surface area contributed by atoms with Gasteiger partial charge in [0.1, 0.15) is 0 Å². The second kappa shape index (κ2) is 6.26. The van der Waals surface area contributed by atoms with E-state index in [-0.39, 0.29) is 0 Å². The molecule has 5 rings (SSSR count). The van der Waals surface area contributed by atoms with Gasteiger partial charge >= 0.3 is 0 Å². The molecule has 0 saturated heterocycles. The molecule has 4 aromatic rings. The van der Waals surface area contributed by atoms with Crippen LogP contribution in [0.25, 0.3) is 28.3 Å². The summed E-state index contributed by atoms with van der Waals surface area (Å²) < 4.78 is 2.41. The number of aryl methyl sites for hydroxylation is 1. The second-order valence-corrected chi connectivity index (χ2v) is 6.71. The first-order chi connectivity index (χ1) is 12.9. The summed E-state index contributed by atoms with van der Waals surface area (Å²) >= 11 is 0. The summed E-state index contributed by atoms with van der Waals surface area (Å²) in [6.45, 7) is 0. The number of nitrogens with zero attached hydrogens (tertiary/aromatic N) is 4. The van der Waals surface area contributed by atoms with Crippen LogP contribution in [0.2, 0.25) is 0 Å². The molecule has 0 atom stereocenters. The van der Waals surface area contributed by atoms with E-state index in [9.17, 15) is 0 Å². The van der Waals surface area contributed by atoms with Crippen molar-refractivity contribution in [1.29, 1.82) is 0 Å². The zero-order chi connectivity index (χ0) is 17.3. The quantitative estimate of drug-likeness (QED) is 0.607. The molecular formula is C21H19N5. The molecule has 1 aliphatic rings. The van der Waals surface area contributed by atoms with Gasteiger partial charge in [-0.1, -0.05) is 42.5 Å². The van der Waals surface area contributed by atoms with Crippen molar-refractivity contribution in [2.24, 2.45) is 0 Å². The molecule has 2 heterocycles. The minimum absolute atomic E-state index is 0.689. The van der Waals surface area contributed by atoms with Gasteiger partial charge in [0.15, 0.2) is 5.82 Å². The molecule has 5 nitrogen and oxygen atoms in total. The minimum Gasteiger partial charge on any atom is -0.313 e. The van der Waals surface area contributed by atoms with Gasteiger partial charge in [-0.05, 0) is 65.4 Å². The van der Waals surface area contributed by atoms with Gasteiger partial charge in [-0.15, -0.1) is 5.10 Å². The number of hydrogen-bond acceptors (Lipinski definition) is 3. The highest BCUT2D eigenvalue weighted by molar-refractivity contribution is 5.68. The maximum absolute atomic E-state index is 4.05. The monoisotopic (exact) mass is 341 g/mol. The smallest absolute Gasteiger partial charge is 0.179 e. The Labute approximate surface area is 151 Å². The van der Waals surface area contributed by atoms with Gasteiger partial charge in [-0.3, -0.25) is 0 Å². The third kappa shape index (κ3) is 2.52. The van der Waals surface area contributed by atoms with E-state index in [1.54, 1.807) is 0 Å². The summed E-state index contributed by atoms with van der Waals surface area (Å²) in [7, 11) is 0. The zero-order valence-electron chi connectivity index (χ0n) is 14.4. The molecule has 1 N–H and O–H groups in total. The van der Waals surface area contributed by atoms with Crippen molar-refractivity contribution in [1.82, 2.24) is 25.2 Å². The molecule has 1 aliphatic carbocycles. The molecule has 0 spiro atoms. The van der Waals surface area contributed by atoms with Crippen molar-refractivity contribution in [3.05, 3.63) is 71.9 Å². The van der Waals surface area contributed by atoms with Crippen molar-refractivity contribution in [2.45, 2.75) is 25.7 Å². The van der Waals surface area contributed by atoms with E-state index in [1.165, 1.54) is 35.4 Å². The fourth-order valence-corrected chi connectivity index (χ4v) is 3.89. The van der Waals surface area contributed by atoms with Crippen LogP contribution in [0, 0.1) is 0 Å². The summed E-state index contributed by atoms with van der Waals surface area (Å²) in [6.07, 6.45) is 4.80. The number of tetrazole rings is 1. The van der Waals surface area contributed by atoms with Gasteiger partial charge in [-0.25, -0.2) is 5.10 Å². The van der Waals surface area contributed by atoms with Crippen LogP contribution in [0.4, 0.5) is 0 Å². The Bertz CT molecular complexity index is 1030. The predicted octanol–water partition coefficient (Wildman–Crippen LogP) is 4.20. The van der Waals surface area contributed by atoms with Crippen LogP contribution in [-0.4, -0.2) is 25.2 Å². The molecule has 0 amide bonds. The first-order valence-corrected chi connectivity index (χ1v) is 9.03. The van der Waals surface area contributed by atoms with E-state index >= 15 is 0 Å². The molecule has 2 aromatic heterocycles. The second-order valence-electron chi connectivity index (χ2n) is 6.71. The van der Waals surface area contributed by atoms with Crippen molar-refractivity contribution in [2.75, 3.05) is 0 Å². The molecule has 0 fully saturated rings. The van der Waals surface area contributed by atoms with Crippen LogP contribution in [0.3, 0.4) is 0 Å². The molecular weight excluding hydrogens is 322 g/mol. The van der Waals surface area contributed by atoms with Crippen LogP contribution >= 0.6 is 0 Å². The minimum atomic E-state index is 0.689. The van der Waals surface area contributed by atoms with E-state index in [4.69, 9.17) is 0 Å². The van der Waals surface area contributed by atoms with E-state index in [0.717, 1.165) is 24.1 Å². The largest absolute Gasteiger partial charge is 0.313 e. The number of H-pyrrole nitrogens is 1. The predicted molar refractivity (Wildman–Crippen MR) is 101 cm³/mol. The Morgan fingerprint density at radius 3 is 2.54 bits per heavy atom. The van der Waals surface area contributed by atoms with Crippen LogP contribution < -0.4 is 0 Å². The Morgan fingerprint density at radius 2 is 1.69 bits per heavy atom. The topological polar surface area (TPSA) is 59.4 Å². The van der Waals surface area contributed by atoms with Crippen molar-refractivity contribution < 1.29 is 0 Å². The van der Waals surface area contributed by atoms with Gasteiger partial charge < -0.3 is 4.57 Å². The number of nitrogens with one attached hydrogen (secondary N) is 1. The highest BCUT2D eigenvalue weighted by Crippen LogP contribution is 2.34. The Hall–Kier alpha value is -3.21. The lowest BCUT2D eigenvalue weighted by molar-refractivity contribution is 0.664. The first-order valence-electron chi connectivity index (χ1n) is 9.03. The molecule has 0 bridgehead atoms. The third-order valence-corrected chi connectivity index (χ3v) is 5.09. The highest BCUT2D eigenvalue weighted by atomic mass is 15.5. The maximum Gasteiger partial charge on any atom is 0.179 e. The van der Waals surface area contributed by atoms with Gasteiger partial charge in [0, 0.05) is 16.9 Å². The highest BCUT2D eigenvalue weighted by Gasteiger charge is 2.20. The molecule has 0 saturated carbocycles. The zero-order valence-corrected chi connectivity index (χ0v) is 14.4. The van der Waals surface area contributed by atoms with E-state index in [2.05, 4.69) is 79.8 Å². The lowest BCUT2D eigenvalue weighted by Crippen LogP contribution is -2.07. The van der Waals surface area contributed by atoms with Crippen LogP contribution in [0.15, 0.2) is 60.7 Å². The van der Waals surface area contributed by atoms with E-state index < -0.39 is 0 Å². The fourth-order valence-electron chi connectivity index (χ4n) is 3.89. The number of rotatable bonds is 3. The first kappa shape index (κ1) is 15.1. The standard InChI is InChI=1S/C21H19N5/c1-2-7-15(8-3-1)20-14-16-9-4-5-12-19(16)26(20)18-11-6-10-17(13-18)21-22-24-25-23-21/h1-3,6-8,10-11,13-14H,4-5,9,12H2,(H,22,23,24,25). The lowest BCUT2D eigenvalue weighted by Gasteiger charge is -2.18.